The van der Waals surface area contributed by atoms with Gasteiger partial charge in [-0.25, -0.2) is 4.98 Å². The Morgan fingerprint density at radius 1 is 1.33 bits per heavy atom. The average Bonchev–Trinajstić information content (AvgIpc) is 3.17. The summed E-state index contributed by atoms with van der Waals surface area (Å²) >= 11 is 0. The van der Waals surface area contributed by atoms with Crippen LogP contribution in [-0.2, 0) is 16.1 Å². The molecule has 1 aliphatic carbocycles. The molecule has 1 aromatic rings. The standard InChI is InChI=1S/C15H22N4O2/c1-2-12-15(21)19(8-3-7-18-9-6-16-10-18)13(11-4-5-11)14(20)17-12/h6,9-13H,2-5,7-8H2,1H3,(H,17,20). The largest absolute Gasteiger partial charge is 0.343 e. The number of carbonyl (C=O) groups excluding carboxylic acids is 2. The molecular weight excluding hydrogens is 268 g/mol. The quantitative estimate of drug-likeness (QED) is 0.842. The molecule has 2 amide bonds. The van der Waals surface area contributed by atoms with Gasteiger partial charge in [-0.05, 0) is 31.6 Å². The van der Waals surface area contributed by atoms with Crippen LogP contribution in [0.1, 0.15) is 32.6 Å². The molecule has 0 spiro atoms. The third kappa shape index (κ3) is 2.94. The SMILES string of the molecule is CCC1NC(=O)C(C2CC2)N(CCCn2ccnc2)C1=O. The molecule has 0 radical (unpaired) electrons. The predicted octanol–water partition coefficient (Wildman–Crippen LogP) is 0.789. The lowest BCUT2D eigenvalue weighted by Gasteiger charge is -2.39. The average molecular weight is 290 g/mol. The highest BCUT2D eigenvalue weighted by Crippen LogP contribution is 2.37. The molecule has 1 saturated carbocycles. The van der Waals surface area contributed by atoms with E-state index >= 15 is 0 Å². The first-order valence-electron chi connectivity index (χ1n) is 7.77. The van der Waals surface area contributed by atoms with Gasteiger partial charge in [0.25, 0.3) is 0 Å². The normalized spacial score (nSPS) is 26.0. The predicted molar refractivity (Wildman–Crippen MR) is 77.3 cm³/mol. The molecule has 1 saturated heterocycles. The summed E-state index contributed by atoms with van der Waals surface area (Å²) in [6.07, 6.45) is 9.05. The van der Waals surface area contributed by atoms with Crippen molar-refractivity contribution in [2.45, 2.75) is 51.2 Å². The van der Waals surface area contributed by atoms with Crippen molar-refractivity contribution >= 4 is 11.8 Å². The van der Waals surface area contributed by atoms with Crippen LogP contribution in [0, 0.1) is 5.92 Å². The maximum absolute atomic E-state index is 12.5. The first-order chi connectivity index (χ1) is 10.2. The van der Waals surface area contributed by atoms with Crippen molar-refractivity contribution in [1.82, 2.24) is 19.8 Å². The highest BCUT2D eigenvalue weighted by Gasteiger charge is 2.47. The van der Waals surface area contributed by atoms with E-state index in [0.29, 0.717) is 18.9 Å². The van der Waals surface area contributed by atoms with Crippen LogP contribution in [0.25, 0.3) is 0 Å². The fourth-order valence-electron chi connectivity index (χ4n) is 3.05. The van der Waals surface area contributed by atoms with Crippen LogP contribution in [0.2, 0.25) is 0 Å². The van der Waals surface area contributed by atoms with Gasteiger partial charge in [-0.3, -0.25) is 9.59 Å². The zero-order valence-electron chi connectivity index (χ0n) is 12.4. The maximum Gasteiger partial charge on any atom is 0.245 e. The second-order valence-electron chi connectivity index (χ2n) is 5.94. The van der Waals surface area contributed by atoms with Crippen molar-refractivity contribution in [2.24, 2.45) is 5.92 Å². The summed E-state index contributed by atoms with van der Waals surface area (Å²) in [5, 5.41) is 2.88. The first kappa shape index (κ1) is 14.1. The minimum Gasteiger partial charge on any atom is -0.343 e. The molecule has 1 aliphatic heterocycles. The third-order valence-electron chi connectivity index (χ3n) is 4.35. The summed E-state index contributed by atoms with van der Waals surface area (Å²) in [5.41, 5.74) is 0. The van der Waals surface area contributed by atoms with Gasteiger partial charge in [-0.1, -0.05) is 6.92 Å². The van der Waals surface area contributed by atoms with Gasteiger partial charge >= 0.3 is 0 Å². The topological polar surface area (TPSA) is 67.2 Å². The van der Waals surface area contributed by atoms with Crippen LogP contribution < -0.4 is 5.32 Å². The van der Waals surface area contributed by atoms with Crippen molar-refractivity contribution in [3.63, 3.8) is 0 Å². The highest BCUT2D eigenvalue weighted by atomic mass is 16.2. The molecule has 6 heteroatoms. The van der Waals surface area contributed by atoms with Crippen LogP contribution in [0.4, 0.5) is 0 Å². The number of aromatic nitrogens is 2. The van der Waals surface area contributed by atoms with Crippen molar-refractivity contribution in [1.29, 1.82) is 0 Å². The molecule has 0 aromatic carbocycles. The van der Waals surface area contributed by atoms with Crippen LogP contribution >= 0.6 is 0 Å². The number of nitrogens with one attached hydrogen (secondary N) is 1. The van der Waals surface area contributed by atoms with Gasteiger partial charge in [0.2, 0.25) is 11.8 Å². The van der Waals surface area contributed by atoms with E-state index in [0.717, 1.165) is 25.8 Å². The zero-order chi connectivity index (χ0) is 14.8. The Kier molecular flexibility index (Phi) is 3.94. The molecule has 3 rings (SSSR count). The van der Waals surface area contributed by atoms with Crippen molar-refractivity contribution in [3.8, 4) is 0 Å². The monoisotopic (exact) mass is 290 g/mol. The Balaban J connectivity index is 1.65. The maximum atomic E-state index is 12.5. The number of amides is 2. The van der Waals surface area contributed by atoms with Gasteiger partial charge in [0, 0.05) is 25.5 Å². The van der Waals surface area contributed by atoms with E-state index in [1.54, 1.807) is 12.5 Å². The van der Waals surface area contributed by atoms with E-state index < -0.39 is 0 Å². The lowest BCUT2D eigenvalue weighted by atomic mass is 10.0. The number of aryl methyl sites for hydroxylation is 1. The van der Waals surface area contributed by atoms with Gasteiger partial charge in [-0.2, -0.15) is 0 Å². The summed E-state index contributed by atoms with van der Waals surface area (Å²) in [4.78, 5) is 30.6. The van der Waals surface area contributed by atoms with E-state index in [4.69, 9.17) is 0 Å². The zero-order valence-corrected chi connectivity index (χ0v) is 12.4. The number of piperazine rings is 1. The molecule has 2 atom stereocenters. The van der Waals surface area contributed by atoms with Crippen LogP contribution in [-0.4, -0.2) is 44.9 Å². The smallest absolute Gasteiger partial charge is 0.245 e. The number of rotatable bonds is 6. The fraction of sp³-hybridized carbons (Fsp3) is 0.667. The molecule has 1 aromatic heterocycles. The number of imidazole rings is 1. The van der Waals surface area contributed by atoms with Gasteiger partial charge in [0.05, 0.1) is 6.33 Å². The Morgan fingerprint density at radius 2 is 2.14 bits per heavy atom. The Hall–Kier alpha value is -1.85. The second-order valence-corrected chi connectivity index (χ2v) is 5.94. The Morgan fingerprint density at radius 3 is 2.76 bits per heavy atom. The molecule has 114 valence electrons. The van der Waals surface area contributed by atoms with Gasteiger partial charge in [0.15, 0.2) is 0 Å². The van der Waals surface area contributed by atoms with Crippen molar-refractivity contribution in [3.05, 3.63) is 18.7 Å². The molecule has 6 nitrogen and oxygen atoms in total. The molecule has 21 heavy (non-hydrogen) atoms. The number of nitrogens with zero attached hydrogens (tertiary/aromatic N) is 3. The Labute approximate surface area is 124 Å². The van der Waals surface area contributed by atoms with Gasteiger partial charge in [-0.15, -0.1) is 0 Å². The number of hydrogen-bond donors (Lipinski definition) is 1. The second kappa shape index (κ2) is 5.87. The molecule has 2 heterocycles. The van der Waals surface area contributed by atoms with Crippen molar-refractivity contribution < 1.29 is 9.59 Å². The summed E-state index contributed by atoms with van der Waals surface area (Å²) in [5.74, 6) is 0.478. The minimum absolute atomic E-state index is 0.0339. The lowest BCUT2D eigenvalue weighted by Crippen LogP contribution is -2.64. The summed E-state index contributed by atoms with van der Waals surface area (Å²) in [7, 11) is 0. The van der Waals surface area contributed by atoms with Crippen LogP contribution in [0.15, 0.2) is 18.7 Å². The molecule has 2 aliphatic rings. The van der Waals surface area contributed by atoms with Gasteiger partial charge < -0.3 is 14.8 Å². The lowest BCUT2D eigenvalue weighted by molar-refractivity contribution is -0.150. The van der Waals surface area contributed by atoms with Gasteiger partial charge in [0.1, 0.15) is 12.1 Å². The van der Waals surface area contributed by atoms with Crippen LogP contribution in [0.3, 0.4) is 0 Å². The van der Waals surface area contributed by atoms with E-state index in [2.05, 4.69) is 10.3 Å². The molecule has 2 unspecified atom stereocenters. The van der Waals surface area contributed by atoms with E-state index in [-0.39, 0.29) is 23.9 Å². The third-order valence-corrected chi connectivity index (χ3v) is 4.35. The summed E-state index contributed by atoms with van der Waals surface area (Å²) < 4.78 is 2.00. The first-order valence-corrected chi connectivity index (χ1v) is 7.77. The van der Waals surface area contributed by atoms with Crippen molar-refractivity contribution in [2.75, 3.05) is 6.54 Å². The molecular formula is C15H22N4O2. The highest BCUT2D eigenvalue weighted by molar-refractivity contribution is 5.97. The molecule has 2 fully saturated rings. The summed E-state index contributed by atoms with van der Waals surface area (Å²) in [6.45, 7) is 3.39. The Bertz CT molecular complexity index is 510. The molecule has 1 N–H and O–H groups in total. The van der Waals surface area contributed by atoms with Crippen LogP contribution in [0.5, 0.6) is 0 Å². The van der Waals surface area contributed by atoms with E-state index in [1.807, 2.05) is 22.6 Å². The fourth-order valence-corrected chi connectivity index (χ4v) is 3.05. The number of hydrogen-bond acceptors (Lipinski definition) is 3. The number of carbonyl (C=O) groups is 2. The minimum atomic E-state index is -0.347. The van der Waals surface area contributed by atoms with E-state index in [9.17, 15) is 9.59 Å². The molecule has 0 bridgehead atoms. The summed E-state index contributed by atoms with van der Waals surface area (Å²) in [6, 6.07) is -0.594. The van der Waals surface area contributed by atoms with E-state index in [1.165, 1.54) is 0 Å².